The predicted molar refractivity (Wildman–Crippen MR) is 93.0 cm³/mol. The molecule has 0 fully saturated rings. The van der Waals surface area contributed by atoms with E-state index in [1.165, 1.54) is 12.1 Å². The van der Waals surface area contributed by atoms with Crippen LogP contribution in [0, 0.1) is 0 Å². The maximum absolute atomic E-state index is 11.2. The van der Waals surface area contributed by atoms with E-state index in [1.807, 2.05) is 49.5 Å². The second-order valence-electron chi connectivity index (χ2n) is 5.81. The molecule has 5 nitrogen and oxygen atoms in total. The molecule has 6 heteroatoms. The van der Waals surface area contributed by atoms with E-state index >= 15 is 0 Å². The number of fused-ring (bicyclic) bond motifs is 3. The molecular formula is C19H15NO4S. The van der Waals surface area contributed by atoms with Crippen LogP contribution in [0.2, 0.25) is 0 Å². The van der Waals surface area contributed by atoms with Crippen LogP contribution in [-0.4, -0.2) is 13.0 Å². The van der Waals surface area contributed by atoms with Crippen LogP contribution < -0.4 is 4.74 Å². The van der Waals surface area contributed by atoms with Gasteiger partial charge < -0.3 is 4.55 Å². The van der Waals surface area contributed by atoms with Gasteiger partial charge in [-0.1, -0.05) is 36.4 Å². The molecule has 0 unspecified atom stereocenters. The number of aryl methyl sites for hydroxylation is 1. The molecule has 4 aromatic rings. The number of nitrogens with zero attached hydrogens (tertiary/aromatic N) is 1. The highest BCUT2D eigenvalue weighted by Crippen LogP contribution is 2.33. The molecule has 0 saturated heterocycles. The van der Waals surface area contributed by atoms with E-state index in [9.17, 15) is 13.0 Å². The molecule has 0 bridgehead atoms. The minimum Gasteiger partial charge on any atom is -0.744 e. The lowest BCUT2D eigenvalue weighted by molar-refractivity contribution is -0.859. The van der Waals surface area contributed by atoms with Gasteiger partial charge in [-0.15, -0.1) is 0 Å². The Morgan fingerprint density at radius 2 is 1.80 bits per heavy atom. The van der Waals surface area contributed by atoms with E-state index < -0.39 is 10.1 Å². The molecule has 0 aliphatic rings. The summed E-state index contributed by atoms with van der Waals surface area (Å²) >= 11 is 0. The fourth-order valence-electron chi connectivity index (χ4n) is 3.09. The van der Waals surface area contributed by atoms with E-state index in [-0.39, 0.29) is 4.90 Å². The molecule has 0 amide bonds. The van der Waals surface area contributed by atoms with Crippen LogP contribution in [0.15, 0.2) is 70.2 Å². The molecule has 0 aliphatic carbocycles. The van der Waals surface area contributed by atoms with Gasteiger partial charge in [-0.25, -0.2) is 12.9 Å². The highest BCUT2D eigenvalue weighted by molar-refractivity contribution is 7.85. The van der Waals surface area contributed by atoms with Gasteiger partial charge in [0.15, 0.2) is 6.54 Å². The minimum absolute atomic E-state index is 0.217. The Balaban J connectivity index is 1.98. The zero-order chi connectivity index (χ0) is 17.6. The van der Waals surface area contributed by atoms with E-state index in [4.69, 9.17) is 4.52 Å². The van der Waals surface area contributed by atoms with Crippen molar-refractivity contribution in [2.75, 3.05) is 0 Å². The van der Waals surface area contributed by atoms with E-state index in [1.54, 1.807) is 10.8 Å². The Bertz CT molecular complexity index is 1210. The number of hydrogen-bond acceptors (Lipinski definition) is 4. The molecular weight excluding hydrogens is 338 g/mol. The lowest BCUT2D eigenvalue weighted by atomic mass is 9.97. The Morgan fingerprint density at radius 1 is 1.00 bits per heavy atom. The summed E-state index contributed by atoms with van der Waals surface area (Å²) in [7, 11) is -4.47. The summed E-state index contributed by atoms with van der Waals surface area (Å²) < 4.78 is 41.3. The van der Waals surface area contributed by atoms with Crippen molar-refractivity contribution >= 4 is 31.7 Å². The first-order valence-corrected chi connectivity index (χ1v) is 9.30. The molecule has 1 aromatic heterocycles. The van der Waals surface area contributed by atoms with Crippen molar-refractivity contribution in [2.45, 2.75) is 18.4 Å². The van der Waals surface area contributed by atoms with Gasteiger partial charge in [0.05, 0.1) is 11.0 Å². The average Bonchev–Trinajstić information content (AvgIpc) is 3.08. The fraction of sp³-hybridized carbons (Fsp3) is 0.105. The van der Waals surface area contributed by atoms with Crippen molar-refractivity contribution in [1.29, 1.82) is 0 Å². The number of hydrogen-bond donors (Lipinski definition) is 0. The van der Waals surface area contributed by atoms with Crippen LogP contribution in [-0.2, 0) is 16.7 Å². The maximum Gasteiger partial charge on any atom is 0.220 e. The lowest BCUT2D eigenvalue weighted by Gasteiger charge is -2.10. The number of benzene rings is 3. The maximum atomic E-state index is 11.2. The standard InChI is InChI=1S/C19H15NO4S/c1-2-20-11-10-19(24-20)18-5-3-4-16-15-9-7-14(25(21,22)23)12-13(15)6-8-17(16)18/h3-12H,2H2,1H3. The van der Waals surface area contributed by atoms with Gasteiger partial charge >= 0.3 is 0 Å². The quantitative estimate of drug-likeness (QED) is 0.321. The Morgan fingerprint density at radius 3 is 2.52 bits per heavy atom. The third kappa shape index (κ3) is 2.69. The lowest BCUT2D eigenvalue weighted by Crippen LogP contribution is -2.27. The molecule has 3 aromatic carbocycles. The highest BCUT2D eigenvalue weighted by atomic mass is 32.2. The summed E-state index contributed by atoms with van der Waals surface area (Å²) in [6.07, 6.45) is 1.89. The first-order valence-electron chi connectivity index (χ1n) is 7.89. The smallest absolute Gasteiger partial charge is 0.220 e. The van der Waals surface area contributed by atoms with E-state index in [0.717, 1.165) is 34.0 Å². The summed E-state index contributed by atoms with van der Waals surface area (Å²) in [5, 5.41) is 3.58. The van der Waals surface area contributed by atoms with E-state index in [2.05, 4.69) is 0 Å². The number of rotatable bonds is 3. The van der Waals surface area contributed by atoms with Crippen molar-refractivity contribution in [3.63, 3.8) is 0 Å². The van der Waals surface area contributed by atoms with Crippen molar-refractivity contribution < 1.29 is 22.2 Å². The summed E-state index contributed by atoms with van der Waals surface area (Å²) in [6.45, 7) is 2.76. The van der Waals surface area contributed by atoms with Gasteiger partial charge in [-0.05, 0) is 45.3 Å². The molecule has 0 atom stereocenters. The van der Waals surface area contributed by atoms with Crippen LogP contribution in [0.1, 0.15) is 6.92 Å². The third-order valence-corrected chi connectivity index (χ3v) is 5.15. The SMILES string of the molecule is CC[n+]1ccc(-c2cccc3c2ccc2cc(S(=O)(=O)[O-])ccc23)o1. The fourth-order valence-corrected chi connectivity index (χ4v) is 3.60. The molecule has 0 radical (unpaired) electrons. The summed E-state index contributed by atoms with van der Waals surface area (Å²) in [4.78, 5) is -0.217. The molecule has 0 aliphatic heterocycles. The summed E-state index contributed by atoms with van der Waals surface area (Å²) in [5.41, 5.74) is 0.965. The van der Waals surface area contributed by atoms with Crippen LogP contribution in [0.4, 0.5) is 0 Å². The molecule has 1 heterocycles. The average molecular weight is 353 g/mol. The van der Waals surface area contributed by atoms with Gasteiger partial charge in [0.25, 0.3) is 0 Å². The van der Waals surface area contributed by atoms with Crippen molar-refractivity contribution in [1.82, 2.24) is 0 Å². The molecule has 0 spiro atoms. The second-order valence-corrected chi connectivity index (χ2v) is 7.19. The highest BCUT2D eigenvalue weighted by Gasteiger charge is 2.14. The Labute approximate surface area is 144 Å². The molecule has 0 N–H and O–H groups in total. The zero-order valence-electron chi connectivity index (χ0n) is 13.5. The monoisotopic (exact) mass is 353 g/mol. The summed E-state index contributed by atoms with van der Waals surface area (Å²) in [5.74, 6) is 0.769. The largest absolute Gasteiger partial charge is 0.744 e. The van der Waals surface area contributed by atoms with Crippen LogP contribution in [0.25, 0.3) is 32.9 Å². The van der Waals surface area contributed by atoms with Gasteiger partial charge in [0, 0.05) is 5.56 Å². The molecule has 126 valence electrons. The Kier molecular flexibility index (Phi) is 3.59. The van der Waals surface area contributed by atoms with Gasteiger partial charge in [-0.3, -0.25) is 0 Å². The predicted octanol–water partition coefficient (Wildman–Crippen LogP) is 3.46. The Hall–Kier alpha value is -2.70. The van der Waals surface area contributed by atoms with Gasteiger partial charge in [0.2, 0.25) is 12.0 Å². The van der Waals surface area contributed by atoms with Crippen molar-refractivity contribution in [3.05, 3.63) is 60.8 Å². The van der Waals surface area contributed by atoms with Crippen molar-refractivity contribution in [2.24, 2.45) is 0 Å². The number of aromatic nitrogens is 1. The molecule has 0 saturated carbocycles. The zero-order valence-corrected chi connectivity index (χ0v) is 14.3. The van der Waals surface area contributed by atoms with Crippen molar-refractivity contribution in [3.8, 4) is 11.3 Å². The third-order valence-electron chi connectivity index (χ3n) is 4.32. The van der Waals surface area contributed by atoms with Crippen LogP contribution in [0.3, 0.4) is 0 Å². The van der Waals surface area contributed by atoms with Crippen LogP contribution in [0.5, 0.6) is 0 Å². The topological polar surface area (TPSA) is 74.2 Å². The van der Waals surface area contributed by atoms with Gasteiger partial charge in [-0.2, -0.15) is 0 Å². The van der Waals surface area contributed by atoms with E-state index in [0.29, 0.717) is 5.39 Å². The normalized spacial score (nSPS) is 12.1. The molecule has 25 heavy (non-hydrogen) atoms. The first-order chi connectivity index (χ1) is 12.0. The summed E-state index contributed by atoms with van der Waals surface area (Å²) in [6, 6.07) is 16.0. The second kappa shape index (κ2) is 5.68. The van der Waals surface area contributed by atoms with Gasteiger partial charge in [0.1, 0.15) is 10.1 Å². The molecule has 4 rings (SSSR count). The minimum atomic E-state index is -4.47. The van der Waals surface area contributed by atoms with Crippen LogP contribution >= 0.6 is 0 Å². The first kappa shape index (κ1) is 15.8.